The zero-order valence-electron chi connectivity index (χ0n) is 23.3. The Morgan fingerprint density at radius 1 is 0.575 bits per heavy atom. The monoisotopic (exact) mass is 581 g/mol. The van der Waals surface area contributed by atoms with Crippen molar-refractivity contribution in [2.45, 2.75) is 43.0 Å². The molecular formula is C31H39N3O4S2. The van der Waals surface area contributed by atoms with Crippen LogP contribution in [0.1, 0.15) is 29.5 Å². The van der Waals surface area contributed by atoms with E-state index < -0.39 is 20.0 Å². The van der Waals surface area contributed by atoms with E-state index in [1.807, 2.05) is 32.0 Å². The van der Waals surface area contributed by atoms with Crippen LogP contribution in [0.25, 0.3) is 0 Å². The molecule has 0 N–H and O–H groups in total. The van der Waals surface area contributed by atoms with E-state index in [0.29, 0.717) is 45.6 Å². The van der Waals surface area contributed by atoms with Gasteiger partial charge < -0.3 is 0 Å². The molecule has 0 saturated heterocycles. The van der Waals surface area contributed by atoms with E-state index in [0.717, 1.165) is 11.1 Å². The minimum Gasteiger partial charge on any atom is -0.299 e. The fourth-order valence-corrected chi connectivity index (χ4v) is 7.63. The Morgan fingerprint density at radius 3 is 1.43 bits per heavy atom. The smallest absolute Gasteiger partial charge is 0.243 e. The molecule has 40 heavy (non-hydrogen) atoms. The van der Waals surface area contributed by atoms with Crippen molar-refractivity contribution in [3.05, 3.63) is 108 Å². The van der Waals surface area contributed by atoms with Gasteiger partial charge in [0.1, 0.15) is 0 Å². The average Bonchev–Trinajstić information content (AvgIpc) is 2.95. The summed E-state index contributed by atoms with van der Waals surface area (Å²) in [5, 5.41) is 0. The third-order valence-electron chi connectivity index (χ3n) is 7.11. The minimum absolute atomic E-state index is 0.174. The van der Waals surface area contributed by atoms with Crippen molar-refractivity contribution in [2.75, 3.05) is 39.3 Å². The van der Waals surface area contributed by atoms with Gasteiger partial charge in [0, 0.05) is 32.7 Å². The first-order chi connectivity index (χ1) is 19.2. The van der Waals surface area contributed by atoms with E-state index >= 15 is 0 Å². The van der Waals surface area contributed by atoms with Crippen LogP contribution in [0.2, 0.25) is 0 Å². The summed E-state index contributed by atoms with van der Waals surface area (Å²) in [7, 11) is -7.42. The van der Waals surface area contributed by atoms with Gasteiger partial charge in [-0.05, 0) is 69.6 Å². The fraction of sp³-hybridized carbons (Fsp3) is 0.355. The maximum atomic E-state index is 13.6. The second kappa shape index (κ2) is 13.7. The van der Waals surface area contributed by atoms with Crippen LogP contribution in [0.4, 0.5) is 0 Å². The lowest BCUT2D eigenvalue weighted by atomic mass is 10.2. The Labute approximate surface area is 239 Å². The third kappa shape index (κ3) is 7.89. The normalized spacial score (nSPS) is 17.6. The molecule has 214 valence electrons. The molecule has 0 bridgehead atoms. The molecule has 0 unspecified atom stereocenters. The van der Waals surface area contributed by atoms with Crippen molar-refractivity contribution < 1.29 is 16.8 Å². The highest BCUT2D eigenvalue weighted by molar-refractivity contribution is 7.89. The van der Waals surface area contributed by atoms with Gasteiger partial charge in [-0.15, -0.1) is 0 Å². The molecule has 0 saturated carbocycles. The predicted molar refractivity (Wildman–Crippen MR) is 160 cm³/mol. The Kier molecular flexibility index (Phi) is 10.3. The summed E-state index contributed by atoms with van der Waals surface area (Å²) in [5.74, 6) is 0. The molecule has 1 aliphatic rings. The van der Waals surface area contributed by atoms with Crippen LogP contribution in [0.5, 0.6) is 0 Å². The molecular weight excluding hydrogens is 542 g/mol. The Hall–Kier alpha value is -2.82. The summed E-state index contributed by atoms with van der Waals surface area (Å²) in [5.41, 5.74) is 3.16. The number of benzene rings is 3. The molecule has 1 heterocycles. The zero-order chi connectivity index (χ0) is 28.6. The van der Waals surface area contributed by atoms with Crippen molar-refractivity contribution in [2.24, 2.45) is 0 Å². The lowest BCUT2D eigenvalue weighted by molar-refractivity contribution is 0.243. The first-order valence-corrected chi connectivity index (χ1v) is 16.6. The predicted octanol–water partition coefficient (Wildman–Crippen LogP) is 4.84. The summed E-state index contributed by atoms with van der Waals surface area (Å²) in [6.45, 7) is 7.06. The van der Waals surface area contributed by atoms with Crippen molar-refractivity contribution in [3.63, 3.8) is 0 Å². The number of hydrogen-bond acceptors (Lipinski definition) is 5. The number of rotatable bonds is 6. The van der Waals surface area contributed by atoms with Gasteiger partial charge in [-0.3, -0.25) is 4.90 Å². The molecule has 0 amide bonds. The molecule has 3 aromatic rings. The highest BCUT2D eigenvalue weighted by atomic mass is 32.2. The molecule has 0 radical (unpaired) electrons. The van der Waals surface area contributed by atoms with Crippen LogP contribution in [0.15, 0.2) is 101 Å². The quantitative estimate of drug-likeness (QED) is 0.390. The molecule has 0 aromatic heterocycles. The topological polar surface area (TPSA) is 78.0 Å². The fourth-order valence-electron chi connectivity index (χ4n) is 4.77. The van der Waals surface area contributed by atoms with E-state index in [1.54, 1.807) is 60.7 Å². The van der Waals surface area contributed by atoms with Crippen molar-refractivity contribution in [1.82, 2.24) is 13.5 Å². The van der Waals surface area contributed by atoms with Gasteiger partial charge in [-0.2, -0.15) is 8.61 Å². The van der Waals surface area contributed by atoms with E-state index in [2.05, 4.69) is 17.0 Å². The molecule has 4 rings (SSSR count). The van der Waals surface area contributed by atoms with Crippen molar-refractivity contribution in [1.29, 1.82) is 0 Å². The maximum Gasteiger partial charge on any atom is 0.243 e. The third-order valence-corrected chi connectivity index (χ3v) is 10.9. The van der Waals surface area contributed by atoms with Gasteiger partial charge in [0.15, 0.2) is 0 Å². The van der Waals surface area contributed by atoms with Crippen molar-refractivity contribution in [3.8, 4) is 0 Å². The molecule has 1 aliphatic heterocycles. The highest BCUT2D eigenvalue weighted by Gasteiger charge is 2.26. The minimum atomic E-state index is -3.71. The molecule has 0 spiro atoms. The van der Waals surface area contributed by atoms with E-state index in [1.165, 1.54) is 14.2 Å². The van der Waals surface area contributed by atoms with Crippen molar-refractivity contribution >= 4 is 20.0 Å². The van der Waals surface area contributed by atoms with Gasteiger partial charge in [0.25, 0.3) is 0 Å². The number of aryl methyl sites for hydroxylation is 2. The van der Waals surface area contributed by atoms with Crippen LogP contribution < -0.4 is 0 Å². The largest absolute Gasteiger partial charge is 0.299 e. The summed E-state index contributed by atoms with van der Waals surface area (Å²) >= 11 is 0. The van der Waals surface area contributed by atoms with Gasteiger partial charge in [-0.25, -0.2) is 16.8 Å². The van der Waals surface area contributed by atoms with Gasteiger partial charge in [-0.1, -0.05) is 77.9 Å². The number of hydrogen-bond donors (Lipinski definition) is 0. The Bertz CT molecular complexity index is 1380. The van der Waals surface area contributed by atoms with E-state index in [9.17, 15) is 16.8 Å². The van der Waals surface area contributed by atoms with Gasteiger partial charge >= 0.3 is 0 Å². The lowest BCUT2D eigenvalue weighted by Crippen LogP contribution is -2.35. The van der Waals surface area contributed by atoms with E-state index in [-0.39, 0.29) is 22.9 Å². The first kappa shape index (κ1) is 30.1. The van der Waals surface area contributed by atoms with Crippen LogP contribution in [0.3, 0.4) is 0 Å². The second-order valence-corrected chi connectivity index (χ2v) is 14.2. The van der Waals surface area contributed by atoms with Crippen LogP contribution in [0, 0.1) is 13.8 Å². The zero-order valence-corrected chi connectivity index (χ0v) is 24.9. The molecule has 3 aromatic carbocycles. The SMILES string of the molecule is Cc1ccc(S(=O)(=O)N2CC=CCN(S(=O)(=O)c3ccc(C)cc3)CCCN(Cc3ccccc3)CCC2)cc1. The van der Waals surface area contributed by atoms with Crippen LogP contribution in [-0.2, 0) is 26.6 Å². The van der Waals surface area contributed by atoms with Crippen LogP contribution >= 0.6 is 0 Å². The molecule has 0 aliphatic carbocycles. The summed E-state index contributed by atoms with van der Waals surface area (Å²) in [4.78, 5) is 2.81. The standard InChI is InChI=1S/C31H39N3O4S2/c1-27-12-16-30(17-13-27)39(35,36)33-22-6-7-23-34(40(37,38)31-18-14-28(2)15-19-31)25-9-21-32(20-8-24-33)26-29-10-4-3-5-11-29/h3-7,10-19H,8-9,20-26H2,1-2H3. The lowest BCUT2D eigenvalue weighted by Gasteiger charge is -2.26. The Balaban J connectivity index is 1.60. The molecule has 0 fully saturated rings. The summed E-state index contributed by atoms with van der Waals surface area (Å²) in [6.07, 6.45) is 4.86. The summed E-state index contributed by atoms with van der Waals surface area (Å²) in [6, 6.07) is 24.0. The first-order valence-electron chi connectivity index (χ1n) is 13.7. The highest BCUT2D eigenvalue weighted by Crippen LogP contribution is 2.20. The number of nitrogens with zero attached hydrogens (tertiary/aromatic N) is 3. The molecule has 0 atom stereocenters. The van der Waals surface area contributed by atoms with Gasteiger partial charge in [0.2, 0.25) is 20.0 Å². The van der Waals surface area contributed by atoms with Gasteiger partial charge in [0.05, 0.1) is 9.79 Å². The maximum absolute atomic E-state index is 13.6. The number of sulfonamides is 2. The molecule has 9 heteroatoms. The second-order valence-electron chi connectivity index (χ2n) is 10.3. The molecule has 7 nitrogen and oxygen atoms in total. The summed E-state index contributed by atoms with van der Waals surface area (Å²) < 4.78 is 57.2. The average molecular weight is 582 g/mol. The van der Waals surface area contributed by atoms with E-state index in [4.69, 9.17) is 0 Å². The van der Waals surface area contributed by atoms with Crippen LogP contribution in [-0.4, -0.2) is 69.6 Å². The Morgan fingerprint density at radius 2 is 1.00 bits per heavy atom.